The van der Waals surface area contributed by atoms with Gasteiger partial charge in [-0.05, 0) is 28.5 Å². The van der Waals surface area contributed by atoms with Crippen LogP contribution in [0.15, 0.2) is 18.2 Å². The van der Waals surface area contributed by atoms with Gasteiger partial charge in [-0.3, -0.25) is 4.79 Å². The summed E-state index contributed by atoms with van der Waals surface area (Å²) in [6.45, 7) is 7.56. The van der Waals surface area contributed by atoms with Crippen LogP contribution in [0.25, 0.3) is 0 Å². The summed E-state index contributed by atoms with van der Waals surface area (Å²) in [5.41, 5.74) is 4.04. The number of fused-ring (bicyclic) bond motifs is 1. The highest BCUT2D eigenvalue weighted by Gasteiger charge is 2.22. The molecule has 98 valence electrons. The van der Waals surface area contributed by atoms with Gasteiger partial charge in [0.1, 0.15) is 6.61 Å². The molecule has 1 aromatic carbocycles. The van der Waals surface area contributed by atoms with Gasteiger partial charge in [0.05, 0.1) is 0 Å². The minimum atomic E-state index is -0.393. The predicted molar refractivity (Wildman–Crippen MR) is 71.3 cm³/mol. The number of aliphatic hydroxyl groups is 1. The highest BCUT2D eigenvalue weighted by molar-refractivity contribution is 5.77. The van der Waals surface area contributed by atoms with E-state index in [1.54, 1.807) is 4.90 Å². The lowest BCUT2D eigenvalue weighted by molar-refractivity contribution is -0.135. The normalized spacial score (nSPS) is 15.4. The second-order valence-electron chi connectivity index (χ2n) is 5.96. The van der Waals surface area contributed by atoms with Crippen LogP contribution in [-0.2, 0) is 23.2 Å². The topological polar surface area (TPSA) is 40.5 Å². The van der Waals surface area contributed by atoms with Gasteiger partial charge < -0.3 is 10.0 Å². The molecule has 1 aliphatic rings. The molecule has 1 N–H and O–H groups in total. The molecule has 0 radical (unpaired) electrons. The van der Waals surface area contributed by atoms with Gasteiger partial charge in [-0.2, -0.15) is 0 Å². The van der Waals surface area contributed by atoms with Crippen LogP contribution in [-0.4, -0.2) is 29.1 Å². The van der Waals surface area contributed by atoms with Crippen LogP contribution >= 0.6 is 0 Å². The third-order valence-corrected chi connectivity index (χ3v) is 3.57. The molecule has 0 bridgehead atoms. The van der Waals surface area contributed by atoms with Crippen LogP contribution in [0.4, 0.5) is 0 Å². The number of aliphatic hydroxyl groups excluding tert-OH is 1. The average Bonchev–Trinajstić information content (AvgIpc) is 2.35. The van der Waals surface area contributed by atoms with Gasteiger partial charge >= 0.3 is 0 Å². The van der Waals surface area contributed by atoms with E-state index in [0.717, 1.165) is 6.42 Å². The van der Waals surface area contributed by atoms with Crippen LogP contribution in [0.3, 0.4) is 0 Å². The summed E-state index contributed by atoms with van der Waals surface area (Å²) in [4.78, 5) is 13.2. The Bertz CT molecular complexity index is 460. The highest BCUT2D eigenvalue weighted by atomic mass is 16.3. The molecule has 0 unspecified atom stereocenters. The smallest absolute Gasteiger partial charge is 0.248 e. The molecule has 0 aromatic heterocycles. The van der Waals surface area contributed by atoms with Crippen molar-refractivity contribution in [3.63, 3.8) is 0 Å². The van der Waals surface area contributed by atoms with Gasteiger partial charge in [0.2, 0.25) is 5.91 Å². The molecule has 1 aliphatic heterocycles. The van der Waals surface area contributed by atoms with E-state index < -0.39 is 6.61 Å². The van der Waals surface area contributed by atoms with Crippen LogP contribution in [0.1, 0.15) is 37.5 Å². The molecule has 0 aliphatic carbocycles. The largest absolute Gasteiger partial charge is 0.387 e. The highest BCUT2D eigenvalue weighted by Crippen LogP contribution is 2.27. The third kappa shape index (κ3) is 2.56. The standard InChI is InChI=1S/C15H21NO2/c1-15(2,3)13-5-4-12-9-16(14(18)10-17)7-6-11(12)8-13/h4-5,8,17H,6-7,9-10H2,1-3H3. The fourth-order valence-corrected chi connectivity index (χ4v) is 2.33. The van der Waals surface area contributed by atoms with Crippen LogP contribution in [0.5, 0.6) is 0 Å². The van der Waals surface area contributed by atoms with E-state index in [-0.39, 0.29) is 11.3 Å². The van der Waals surface area contributed by atoms with E-state index in [4.69, 9.17) is 5.11 Å². The summed E-state index contributed by atoms with van der Waals surface area (Å²) in [5, 5.41) is 8.89. The van der Waals surface area contributed by atoms with E-state index >= 15 is 0 Å². The van der Waals surface area contributed by atoms with Crippen molar-refractivity contribution >= 4 is 5.91 Å². The molecule has 3 heteroatoms. The number of nitrogens with zero attached hydrogens (tertiary/aromatic N) is 1. The Morgan fingerprint density at radius 2 is 2.06 bits per heavy atom. The number of rotatable bonds is 1. The maximum atomic E-state index is 11.5. The van der Waals surface area contributed by atoms with Crippen LogP contribution in [0.2, 0.25) is 0 Å². The summed E-state index contributed by atoms with van der Waals surface area (Å²) >= 11 is 0. The van der Waals surface area contributed by atoms with Crippen molar-refractivity contribution in [2.24, 2.45) is 0 Å². The van der Waals surface area contributed by atoms with E-state index in [2.05, 4.69) is 39.0 Å². The Morgan fingerprint density at radius 3 is 2.67 bits per heavy atom. The molecule has 2 rings (SSSR count). The molecule has 3 nitrogen and oxygen atoms in total. The molecule has 0 saturated carbocycles. The number of carbonyl (C=O) groups excluding carboxylic acids is 1. The fourth-order valence-electron chi connectivity index (χ4n) is 2.33. The molecular formula is C15H21NO2. The van der Waals surface area contributed by atoms with Crippen molar-refractivity contribution in [3.05, 3.63) is 34.9 Å². The van der Waals surface area contributed by atoms with Gasteiger partial charge in [-0.25, -0.2) is 0 Å². The molecule has 0 saturated heterocycles. The molecule has 1 heterocycles. The SMILES string of the molecule is CC(C)(C)c1ccc2c(c1)CCN(C(=O)CO)C2. The number of benzene rings is 1. The first-order valence-electron chi connectivity index (χ1n) is 6.43. The minimum absolute atomic E-state index is 0.160. The average molecular weight is 247 g/mol. The van der Waals surface area contributed by atoms with Gasteiger partial charge in [-0.1, -0.05) is 39.0 Å². The maximum absolute atomic E-state index is 11.5. The first kappa shape index (κ1) is 13.1. The monoisotopic (exact) mass is 247 g/mol. The van der Waals surface area contributed by atoms with E-state index in [0.29, 0.717) is 13.1 Å². The van der Waals surface area contributed by atoms with Crippen molar-refractivity contribution in [3.8, 4) is 0 Å². The lowest BCUT2D eigenvalue weighted by Crippen LogP contribution is -2.37. The lowest BCUT2D eigenvalue weighted by atomic mass is 9.84. The molecular weight excluding hydrogens is 226 g/mol. The summed E-state index contributed by atoms with van der Waals surface area (Å²) in [6.07, 6.45) is 0.880. The molecule has 0 fully saturated rings. The Labute approximate surface area is 108 Å². The summed E-state index contributed by atoms with van der Waals surface area (Å²) in [6, 6.07) is 6.52. The van der Waals surface area contributed by atoms with E-state index in [9.17, 15) is 4.79 Å². The van der Waals surface area contributed by atoms with Crippen LogP contribution < -0.4 is 0 Å². The van der Waals surface area contributed by atoms with Crippen molar-refractivity contribution in [2.45, 2.75) is 39.2 Å². The van der Waals surface area contributed by atoms with Gasteiger partial charge in [0.25, 0.3) is 0 Å². The quantitative estimate of drug-likeness (QED) is 0.823. The Kier molecular flexibility index (Phi) is 3.44. The van der Waals surface area contributed by atoms with Gasteiger partial charge in [-0.15, -0.1) is 0 Å². The Morgan fingerprint density at radius 1 is 1.33 bits per heavy atom. The van der Waals surface area contributed by atoms with Gasteiger partial charge in [0.15, 0.2) is 0 Å². The summed E-state index contributed by atoms with van der Waals surface area (Å²) < 4.78 is 0. The van der Waals surface area contributed by atoms with Crippen molar-refractivity contribution < 1.29 is 9.90 Å². The number of amides is 1. The first-order chi connectivity index (χ1) is 8.41. The Balaban J connectivity index is 2.24. The minimum Gasteiger partial charge on any atom is -0.387 e. The zero-order valence-electron chi connectivity index (χ0n) is 11.4. The van der Waals surface area contributed by atoms with E-state index in [1.807, 2.05) is 0 Å². The third-order valence-electron chi connectivity index (χ3n) is 3.57. The zero-order valence-corrected chi connectivity index (χ0v) is 11.4. The molecule has 1 aromatic rings. The van der Waals surface area contributed by atoms with Crippen molar-refractivity contribution in [2.75, 3.05) is 13.2 Å². The maximum Gasteiger partial charge on any atom is 0.248 e. The predicted octanol–water partition coefficient (Wildman–Crippen LogP) is 1.86. The number of hydrogen-bond donors (Lipinski definition) is 1. The zero-order chi connectivity index (χ0) is 13.3. The summed E-state index contributed by atoms with van der Waals surface area (Å²) in [7, 11) is 0. The lowest BCUT2D eigenvalue weighted by Gasteiger charge is -2.30. The molecule has 18 heavy (non-hydrogen) atoms. The second-order valence-corrected chi connectivity index (χ2v) is 5.96. The number of carbonyl (C=O) groups is 1. The summed E-state index contributed by atoms with van der Waals surface area (Å²) in [5.74, 6) is -0.180. The molecule has 1 amide bonds. The van der Waals surface area contributed by atoms with Crippen molar-refractivity contribution in [1.82, 2.24) is 4.90 Å². The first-order valence-corrected chi connectivity index (χ1v) is 6.43. The number of hydrogen-bond acceptors (Lipinski definition) is 2. The van der Waals surface area contributed by atoms with Crippen molar-refractivity contribution in [1.29, 1.82) is 0 Å². The molecule has 0 atom stereocenters. The van der Waals surface area contributed by atoms with E-state index in [1.165, 1.54) is 16.7 Å². The molecule has 0 spiro atoms. The van der Waals surface area contributed by atoms with Gasteiger partial charge in [0, 0.05) is 13.1 Å². The Hall–Kier alpha value is -1.35. The second kappa shape index (κ2) is 4.73. The fraction of sp³-hybridized carbons (Fsp3) is 0.533. The van der Waals surface area contributed by atoms with Crippen LogP contribution in [0, 0.1) is 0 Å².